The summed E-state index contributed by atoms with van der Waals surface area (Å²) in [5, 5.41) is 1.33. The Morgan fingerprint density at radius 3 is 1.92 bits per heavy atom. The van der Waals surface area contributed by atoms with Crippen molar-refractivity contribution in [1.29, 1.82) is 0 Å². The van der Waals surface area contributed by atoms with Gasteiger partial charge >= 0.3 is 0 Å². The molecule has 0 N–H and O–H groups in total. The van der Waals surface area contributed by atoms with Crippen LogP contribution in [0.3, 0.4) is 0 Å². The van der Waals surface area contributed by atoms with E-state index in [-0.39, 0.29) is 11.1 Å². The van der Waals surface area contributed by atoms with Crippen molar-refractivity contribution >= 4 is 38.9 Å². The van der Waals surface area contributed by atoms with Crippen LogP contribution in [0.15, 0.2) is 218 Å². The molecule has 9 aromatic carbocycles. The lowest BCUT2D eigenvalue weighted by molar-refractivity contribution is 0.660. The Morgan fingerprint density at radius 2 is 1.08 bits per heavy atom. The molecule has 0 unspecified atom stereocenters. The zero-order valence-corrected chi connectivity index (χ0v) is 30.6. The van der Waals surface area contributed by atoms with Crippen molar-refractivity contribution in [2.75, 3.05) is 4.90 Å². The molecule has 0 radical (unpaired) electrons. The molecule has 280 valence electrons. The molecule has 0 spiro atoms. The minimum absolute atomic E-state index is 0.119. The van der Waals surface area contributed by atoms with Crippen LogP contribution in [-0.2, 0) is 5.41 Å². The van der Waals surface area contributed by atoms with Crippen molar-refractivity contribution in [1.82, 2.24) is 4.57 Å². The summed E-state index contributed by atoms with van der Waals surface area (Å²) in [5.74, 6) is 0. The maximum atomic E-state index is 10.1. The summed E-state index contributed by atoms with van der Waals surface area (Å²) in [6, 6.07) is 8.30. The highest BCUT2D eigenvalue weighted by atomic mass is 15.1. The number of benzene rings is 9. The quantitative estimate of drug-likeness (QED) is 0.156. The Morgan fingerprint density at radius 1 is 0.441 bits per heavy atom. The number of aromatic nitrogens is 1. The molecule has 0 atom stereocenters. The second kappa shape index (κ2) is 13.9. The van der Waals surface area contributed by atoms with Crippen LogP contribution in [0.4, 0.5) is 17.1 Å². The van der Waals surface area contributed by atoms with E-state index < -0.39 is 190 Å². The fraction of sp³-hybridized carbons (Fsp3) is 0.0526. The van der Waals surface area contributed by atoms with E-state index in [2.05, 4.69) is 0 Å². The van der Waals surface area contributed by atoms with Crippen LogP contribution in [0.2, 0.25) is 0 Å². The molecule has 0 saturated carbocycles. The third-order valence-electron chi connectivity index (χ3n) is 10.3. The normalized spacial score (nSPS) is 19.4. The maximum absolute atomic E-state index is 10.1. The number of hydrogen-bond acceptors (Lipinski definition) is 1. The fourth-order valence-corrected chi connectivity index (χ4v) is 7.57. The average Bonchev–Trinajstić information content (AvgIpc) is 1.53. The number of nitrogens with zero attached hydrogens (tertiary/aromatic N) is 2. The Labute approximate surface area is 382 Å². The van der Waals surface area contributed by atoms with Crippen molar-refractivity contribution < 1.29 is 35.6 Å². The summed E-state index contributed by atoms with van der Waals surface area (Å²) in [7, 11) is 0. The topological polar surface area (TPSA) is 8.17 Å². The van der Waals surface area contributed by atoms with Gasteiger partial charge in [-0.05, 0) is 122 Å². The summed E-state index contributed by atoms with van der Waals surface area (Å²) >= 11 is 0. The highest BCUT2D eigenvalue weighted by molar-refractivity contribution is 6.10. The van der Waals surface area contributed by atoms with E-state index in [0.717, 1.165) is 27.7 Å². The predicted molar refractivity (Wildman–Crippen MR) is 249 cm³/mol. The first kappa shape index (κ1) is 17.2. The number of anilines is 3. The lowest BCUT2D eigenvalue weighted by atomic mass is 9.82. The van der Waals surface area contributed by atoms with Crippen LogP contribution in [0.1, 0.15) is 60.5 Å². The lowest BCUT2D eigenvalue weighted by Gasteiger charge is -2.28. The Balaban J connectivity index is 1.24. The van der Waals surface area contributed by atoms with Crippen LogP contribution >= 0.6 is 0 Å². The van der Waals surface area contributed by atoms with Gasteiger partial charge in [-0.25, -0.2) is 0 Å². The Hall–Kier alpha value is -7.42. The molecule has 2 nitrogen and oxygen atoms in total. The highest BCUT2D eigenvalue weighted by Crippen LogP contribution is 2.51. The molecule has 1 aliphatic carbocycles. The van der Waals surface area contributed by atoms with Gasteiger partial charge in [0.2, 0.25) is 0 Å². The van der Waals surface area contributed by atoms with Gasteiger partial charge in [-0.2, -0.15) is 0 Å². The third-order valence-corrected chi connectivity index (χ3v) is 10.3. The zero-order chi connectivity index (χ0) is 61.9. The number of rotatable bonds is 7. The minimum atomic E-state index is -3.94. The van der Waals surface area contributed by atoms with Gasteiger partial charge < -0.3 is 9.47 Å². The third kappa shape index (κ3) is 5.87. The van der Waals surface area contributed by atoms with Crippen molar-refractivity contribution in [3.8, 4) is 50.2 Å². The smallest absolute Gasteiger partial charge is 0.0651 e. The van der Waals surface area contributed by atoms with Crippen molar-refractivity contribution in [3.63, 3.8) is 0 Å². The van der Waals surface area contributed by atoms with Gasteiger partial charge in [-0.1, -0.05) is 165 Å². The van der Waals surface area contributed by atoms with Crippen LogP contribution < -0.4 is 4.90 Å². The molecular formula is C57H42N2. The average molecular weight is 781 g/mol. The first-order valence-electron chi connectivity index (χ1n) is 31.4. The van der Waals surface area contributed by atoms with Crippen molar-refractivity contribution in [3.05, 3.63) is 229 Å². The molecule has 10 aromatic rings. The van der Waals surface area contributed by atoms with Gasteiger partial charge in [-0.15, -0.1) is 0 Å². The molecule has 2 heteroatoms. The number of fused-ring (bicyclic) bond motifs is 6. The van der Waals surface area contributed by atoms with Crippen molar-refractivity contribution in [2.24, 2.45) is 0 Å². The minimum Gasteiger partial charge on any atom is -0.310 e. The summed E-state index contributed by atoms with van der Waals surface area (Å²) < 4.78 is 240. The summed E-state index contributed by atoms with van der Waals surface area (Å²) in [6.45, 7) is -7.88. The molecule has 0 fully saturated rings. The highest BCUT2D eigenvalue weighted by Gasteiger charge is 2.35. The van der Waals surface area contributed by atoms with E-state index in [1.165, 1.54) is 0 Å². The first-order chi connectivity index (χ1) is 39.9. The SMILES string of the molecule is [2H]c1c([2H])c([2H])c(-c2c([2H])c([2H])c([2H])c(N(c3c([2H])c([2H])c(-c4ccc5c(c4)c4ccccc4n5-c4ccc(-c5ccccc5)cc4)c([2H])c3[2H])c3c([2H])c([2H])c4c(c3[2H])C(C([2H])([2H])[2H])(C([2H])([2H])[2H])c3c([2H])c([2H])c([2H])c([2H])c3-4)c2[2H])c([2H])c1[2H]. The van der Waals surface area contributed by atoms with Gasteiger partial charge in [-0.3, -0.25) is 0 Å². The molecular weight excluding hydrogens is 713 g/mol. The first-order valence-corrected chi connectivity index (χ1v) is 18.4. The fourth-order valence-electron chi connectivity index (χ4n) is 7.57. The largest absolute Gasteiger partial charge is 0.310 e. The molecule has 0 aliphatic heterocycles. The molecule has 0 bridgehead atoms. The summed E-state index contributed by atoms with van der Waals surface area (Å²) in [4.78, 5) is 0.357. The molecule has 0 amide bonds. The molecule has 1 heterocycles. The molecule has 1 aromatic heterocycles. The second-order valence-electron chi connectivity index (χ2n) is 13.8. The lowest BCUT2D eigenvalue weighted by Crippen LogP contribution is -2.16. The number of para-hydroxylation sites is 1. The van der Waals surface area contributed by atoms with Crippen LogP contribution in [0.5, 0.6) is 0 Å². The van der Waals surface area contributed by atoms with Gasteiger partial charge in [0.15, 0.2) is 0 Å². The van der Waals surface area contributed by atoms with Crippen LogP contribution in [0.25, 0.3) is 72.0 Å². The molecule has 59 heavy (non-hydrogen) atoms. The van der Waals surface area contributed by atoms with E-state index in [1.807, 2.05) is 83.4 Å². The monoisotopic (exact) mass is 780 g/mol. The summed E-state index contributed by atoms with van der Waals surface area (Å²) in [6.07, 6.45) is 0. The van der Waals surface area contributed by atoms with E-state index in [9.17, 15) is 12.3 Å². The van der Waals surface area contributed by atoms with Gasteiger partial charge in [0, 0.05) is 47.2 Å². The van der Waals surface area contributed by atoms with E-state index in [0.29, 0.717) is 15.8 Å². The van der Waals surface area contributed by atoms with E-state index in [1.54, 1.807) is 18.2 Å². The van der Waals surface area contributed by atoms with Crippen LogP contribution in [0, 0.1) is 0 Å². The van der Waals surface area contributed by atoms with Crippen LogP contribution in [-0.4, -0.2) is 4.57 Å². The summed E-state index contributed by atoms with van der Waals surface area (Å²) in [5.41, 5.74) is -9.08. The van der Waals surface area contributed by atoms with Gasteiger partial charge in [0.05, 0.1) is 38.4 Å². The number of hydrogen-bond donors (Lipinski definition) is 0. The standard InChI is InChI=1S/C57H42N2/c1-57(2)53-22-11-9-20-49(53)50-34-33-48(38-54(50)57)58(47-19-13-18-43(36-47)40-16-7-4-8-17-40)45-29-26-42(27-30-45)44-28-35-56-52(37-44)51-21-10-12-23-55(51)59(56)46-31-24-41(25-32-46)39-14-5-3-6-15-39/h3-38H,1-2H3/i1D3,2D3,4D,7D,8D,9D,11D,13D,16D,17D,18D,19D,20D,22D,26D,27D,29D,30D,33D,34D,36D,38D. The van der Waals surface area contributed by atoms with E-state index >= 15 is 0 Å². The van der Waals surface area contributed by atoms with Gasteiger partial charge in [0.25, 0.3) is 0 Å². The second-order valence-corrected chi connectivity index (χ2v) is 13.8. The molecule has 1 aliphatic rings. The van der Waals surface area contributed by atoms with Gasteiger partial charge in [0.1, 0.15) is 0 Å². The Bertz CT molecular complexity index is 4490. The molecule has 0 saturated heterocycles. The Kier molecular flexibility index (Phi) is 4.05. The maximum Gasteiger partial charge on any atom is 0.0651 e. The molecule has 11 rings (SSSR count). The van der Waals surface area contributed by atoms with E-state index in [4.69, 9.17) is 23.3 Å². The zero-order valence-electron chi connectivity index (χ0n) is 56.6. The predicted octanol–water partition coefficient (Wildman–Crippen LogP) is 15.6. The van der Waals surface area contributed by atoms with Crippen molar-refractivity contribution in [2.45, 2.75) is 19.1 Å².